The van der Waals surface area contributed by atoms with Gasteiger partial charge in [0.15, 0.2) is 0 Å². The van der Waals surface area contributed by atoms with Crippen molar-refractivity contribution in [2.45, 2.75) is 11.8 Å². The molecule has 0 saturated carbocycles. The van der Waals surface area contributed by atoms with Gasteiger partial charge in [0.25, 0.3) is 15.7 Å². The van der Waals surface area contributed by atoms with Crippen molar-refractivity contribution in [3.05, 3.63) is 58.6 Å². The van der Waals surface area contributed by atoms with Gasteiger partial charge in [-0.25, -0.2) is 8.42 Å². The fourth-order valence-electron chi connectivity index (χ4n) is 2.23. The van der Waals surface area contributed by atoms with Crippen LogP contribution < -0.4 is 9.04 Å². The lowest BCUT2D eigenvalue weighted by Crippen LogP contribution is -2.36. The minimum absolute atomic E-state index is 0.0649. The van der Waals surface area contributed by atoms with Gasteiger partial charge in [0.2, 0.25) is 0 Å². The molecule has 2 aromatic rings. The van der Waals surface area contributed by atoms with Gasteiger partial charge in [-0.1, -0.05) is 12.1 Å². The van der Waals surface area contributed by atoms with Crippen molar-refractivity contribution in [2.75, 3.05) is 17.5 Å². The molecule has 2 aromatic carbocycles. The maximum atomic E-state index is 12.9. The van der Waals surface area contributed by atoms with E-state index in [1.54, 1.807) is 19.1 Å². The fourth-order valence-corrected chi connectivity index (χ4v) is 3.65. The molecule has 0 spiro atoms. The summed E-state index contributed by atoms with van der Waals surface area (Å²) in [5, 5.41) is 19.9. The number of benzene rings is 2. The zero-order valence-electron chi connectivity index (χ0n) is 13.7. The predicted octanol–water partition coefficient (Wildman–Crippen LogP) is 2.27. The molecule has 0 aliphatic rings. The average molecular weight is 380 g/mol. The van der Waals surface area contributed by atoms with Crippen molar-refractivity contribution < 1.29 is 28.0 Å². The van der Waals surface area contributed by atoms with Gasteiger partial charge < -0.3 is 9.84 Å². The third-order valence-corrected chi connectivity index (χ3v) is 5.12. The second-order valence-corrected chi connectivity index (χ2v) is 6.92. The number of nitro groups is 1. The lowest BCUT2D eigenvalue weighted by Gasteiger charge is -2.24. The SMILES string of the molecule is CCOc1ccccc1N(CC(=O)O)S(=O)(=O)c1ccc([N+](=O)[O-])cc1. The van der Waals surface area contributed by atoms with Crippen molar-refractivity contribution >= 4 is 27.4 Å². The van der Waals surface area contributed by atoms with E-state index in [1.807, 2.05) is 0 Å². The minimum atomic E-state index is -4.28. The zero-order chi connectivity index (χ0) is 19.3. The number of nitrogens with zero attached hydrogens (tertiary/aromatic N) is 2. The van der Waals surface area contributed by atoms with Gasteiger partial charge in [0.1, 0.15) is 12.3 Å². The highest BCUT2D eigenvalue weighted by Crippen LogP contribution is 2.32. The first-order chi connectivity index (χ1) is 12.3. The van der Waals surface area contributed by atoms with Crippen LogP contribution >= 0.6 is 0 Å². The molecule has 9 nitrogen and oxygen atoms in total. The first-order valence-corrected chi connectivity index (χ1v) is 8.92. The Labute approximate surface area is 149 Å². The summed E-state index contributed by atoms with van der Waals surface area (Å²) in [5.74, 6) is -1.15. The van der Waals surface area contributed by atoms with Crippen LogP contribution in [0, 0.1) is 10.1 Å². The monoisotopic (exact) mass is 380 g/mol. The molecule has 0 amide bonds. The molecule has 138 valence electrons. The van der Waals surface area contributed by atoms with Gasteiger partial charge in [0.05, 0.1) is 22.1 Å². The highest BCUT2D eigenvalue weighted by molar-refractivity contribution is 7.92. The van der Waals surface area contributed by atoms with Gasteiger partial charge in [-0.3, -0.25) is 19.2 Å². The molecular formula is C16H16N2O7S. The molecule has 0 saturated heterocycles. The molecule has 0 bridgehead atoms. The minimum Gasteiger partial charge on any atom is -0.492 e. The highest BCUT2D eigenvalue weighted by atomic mass is 32.2. The lowest BCUT2D eigenvalue weighted by atomic mass is 10.3. The van der Waals surface area contributed by atoms with Crippen LogP contribution in [0.4, 0.5) is 11.4 Å². The number of non-ortho nitro benzene ring substituents is 1. The maximum absolute atomic E-state index is 12.9. The second kappa shape index (κ2) is 7.83. The quantitative estimate of drug-likeness (QED) is 0.550. The number of hydrogen-bond donors (Lipinski definition) is 1. The summed E-state index contributed by atoms with van der Waals surface area (Å²) < 4.78 is 32.0. The van der Waals surface area contributed by atoms with Gasteiger partial charge in [-0.15, -0.1) is 0 Å². The largest absolute Gasteiger partial charge is 0.492 e. The average Bonchev–Trinajstić information content (AvgIpc) is 2.60. The van der Waals surface area contributed by atoms with Gasteiger partial charge in [0, 0.05) is 12.1 Å². The molecule has 0 fully saturated rings. The number of ether oxygens (including phenoxy) is 1. The Hall–Kier alpha value is -3.14. The van der Waals surface area contributed by atoms with E-state index in [0.717, 1.165) is 24.3 Å². The standard InChI is InChI=1S/C16H16N2O7S/c1-2-25-15-6-4-3-5-14(15)17(11-16(19)20)26(23,24)13-9-7-12(8-10-13)18(21)22/h3-10H,2,11H2,1H3,(H,19,20). The van der Waals surface area contributed by atoms with Gasteiger partial charge in [-0.05, 0) is 31.2 Å². The molecule has 0 unspecified atom stereocenters. The van der Waals surface area contributed by atoms with Crippen LogP contribution in [0.15, 0.2) is 53.4 Å². The number of carboxylic acids is 1. The Bertz CT molecular complexity index is 910. The van der Waals surface area contributed by atoms with E-state index in [4.69, 9.17) is 9.84 Å². The van der Waals surface area contributed by atoms with E-state index in [0.29, 0.717) is 4.31 Å². The fraction of sp³-hybridized carbons (Fsp3) is 0.188. The van der Waals surface area contributed by atoms with Gasteiger partial charge >= 0.3 is 5.97 Å². The van der Waals surface area contributed by atoms with Crippen LogP contribution in [0.3, 0.4) is 0 Å². The van der Waals surface area contributed by atoms with E-state index in [-0.39, 0.29) is 28.6 Å². The second-order valence-electron chi connectivity index (χ2n) is 5.06. The van der Waals surface area contributed by atoms with Crippen molar-refractivity contribution in [2.24, 2.45) is 0 Å². The molecule has 0 aliphatic heterocycles. The number of nitro benzene ring substituents is 1. The maximum Gasteiger partial charge on any atom is 0.324 e. The summed E-state index contributed by atoms with van der Waals surface area (Å²) in [6, 6.07) is 10.3. The van der Waals surface area contributed by atoms with Crippen molar-refractivity contribution in [3.8, 4) is 5.75 Å². The first kappa shape index (κ1) is 19.2. The van der Waals surface area contributed by atoms with E-state index in [9.17, 15) is 23.3 Å². The first-order valence-electron chi connectivity index (χ1n) is 7.48. The van der Waals surface area contributed by atoms with E-state index in [1.165, 1.54) is 12.1 Å². The number of aliphatic carboxylic acids is 1. The zero-order valence-corrected chi connectivity index (χ0v) is 14.5. The molecule has 0 aliphatic carbocycles. The molecule has 26 heavy (non-hydrogen) atoms. The van der Waals surface area contributed by atoms with Crippen LogP contribution in [-0.2, 0) is 14.8 Å². The van der Waals surface area contributed by atoms with Crippen LogP contribution in [0.2, 0.25) is 0 Å². The molecule has 1 N–H and O–H groups in total. The molecule has 2 rings (SSSR count). The Morgan fingerprint density at radius 1 is 1.19 bits per heavy atom. The number of hydrogen-bond acceptors (Lipinski definition) is 6. The third-order valence-electron chi connectivity index (χ3n) is 3.35. The van der Waals surface area contributed by atoms with Crippen LogP contribution in [-0.4, -0.2) is 37.6 Å². The summed E-state index contributed by atoms with van der Waals surface area (Å²) in [5.41, 5.74) is -0.210. The van der Waals surface area contributed by atoms with Crippen molar-refractivity contribution in [1.82, 2.24) is 0 Å². The van der Waals surface area contributed by atoms with Crippen molar-refractivity contribution in [1.29, 1.82) is 0 Å². The molecule has 0 radical (unpaired) electrons. The number of sulfonamides is 1. The Balaban J connectivity index is 2.55. The van der Waals surface area contributed by atoms with Crippen LogP contribution in [0.5, 0.6) is 5.75 Å². The molecule has 0 atom stereocenters. The number of para-hydroxylation sites is 2. The van der Waals surface area contributed by atoms with E-state index >= 15 is 0 Å². The molecular weight excluding hydrogens is 364 g/mol. The summed E-state index contributed by atoms with van der Waals surface area (Å²) in [4.78, 5) is 21.0. The topological polar surface area (TPSA) is 127 Å². The lowest BCUT2D eigenvalue weighted by molar-refractivity contribution is -0.384. The number of rotatable bonds is 8. The van der Waals surface area contributed by atoms with Crippen LogP contribution in [0.1, 0.15) is 6.92 Å². The number of carbonyl (C=O) groups is 1. The molecule has 0 heterocycles. The van der Waals surface area contributed by atoms with Crippen LogP contribution in [0.25, 0.3) is 0 Å². The Morgan fingerprint density at radius 2 is 1.81 bits per heavy atom. The van der Waals surface area contributed by atoms with E-state index in [2.05, 4.69) is 0 Å². The Kier molecular flexibility index (Phi) is 5.78. The summed E-state index contributed by atoms with van der Waals surface area (Å²) in [6.45, 7) is 1.14. The molecule has 10 heteroatoms. The number of carboxylic acid groups (broad SMARTS) is 1. The summed E-state index contributed by atoms with van der Waals surface area (Å²) >= 11 is 0. The number of anilines is 1. The van der Waals surface area contributed by atoms with E-state index < -0.39 is 27.5 Å². The Morgan fingerprint density at radius 3 is 2.35 bits per heavy atom. The third kappa shape index (κ3) is 4.09. The molecule has 0 aromatic heterocycles. The van der Waals surface area contributed by atoms with Gasteiger partial charge in [-0.2, -0.15) is 0 Å². The normalized spacial score (nSPS) is 11.0. The highest BCUT2D eigenvalue weighted by Gasteiger charge is 2.29. The predicted molar refractivity (Wildman–Crippen MR) is 92.9 cm³/mol. The summed E-state index contributed by atoms with van der Waals surface area (Å²) in [6.07, 6.45) is 0. The van der Waals surface area contributed by atoms with Crippen molar-refractivity contribution in [3.63, 3.8) is 0 Å². The smallest absolute Gasteiger partial charge is 0.324 e. The summed E-state index contributed by atoms with van der Waals surface area (Å²) in [7, 11) is -4.28.